The highest BCUT2D eigenvalue weighted by molar-refractivity contribution is 5.27. The second kappa shape index (κ2) is 5.18. The van der Waals surface area contributed by atoms with Gasteiger partial charge in [0.1, 0.15) is 6.10 Å². The first kappa shape index (κ1) is 13.9. The molecule has 0 saturated heterocycles. The third-order valence-corrected chi connectivity index (χ3v) is 7.40. The van der Waals surface area contributed by atoms with Gasteiger partial charge in [-0.1, -0.05) is 31.1 Å². The van der Waals surface area contributed by atoms with Gasteiger partial charge in [0, 0.05) is 6.42 Å². The molecule has 1 unspecified atom stereocenters. The molecule has 4 rings (SSSR count). The van der Waals surface area contributed by atoms with Gasteiger partial charge in [-0.25, -0.2) is 0 Å². The lowest BCUT2D eigenvalue weighted by atomic mass is 9.54. The predicted octanol–water partition coefficient (Wildman–Crippen LogP) is 5.62. The Kier molecular flexibility index (Phi) is 3.43. The molecule has 1 nitrogen and oxygen atoms in total. The van der Waals surface area contributed by atoms with Crippen molar-refractivity contribution in [2.75, 3.05) is 0 Å². The molecule has 116 valence electrons. The van der Waals surface area contributed by atoms with E-state index >= 15 is 0 Å². The monoisotopic (exact) mass is 286 g/mol. The van der Waals surface area contributed by atoms with Crippen molar-refractivity contribution in [3.05, 3.63) is 24.0 Å². The number of allylic oxidation sites excluding steroid dienone is 1. The zero-order chi connectivity index (χ0) is 14.4. The summed E-state index contributed by atoms with van der Waals surface area (Å²) in [6.45, 7) is 6.33. The van der Waals surface area contributed by atoms with E-state index in [0.717, 1.165) is 17.8 Å². The van der Waals surface area contributed by atoms with Crippen LogP contribution in [0, 0.1) is 23.2 Å². The summed E-state index contributed by atoms with van der Waals surface area (Å²) in [5.74, 6) is 2.99. The molecule has 0 aliphatic heterocycles. The Hall–Kier alpha value is -0.720. The van der Waals surface area contributed by atoms with Gasteiger partial charge in [-0.05, 0) is 74.5 Å². The molecule has 0 aromatic heterocycles. The molecule has 2 saturated carbocycles. The molecule has 21 heavy (non-hydrogen) atoms. The van der Waals surface area contributed by atoms with Crippen molar-refractivity contribution in [2.45, 2.75) is 77.2 Å². The fourth-order valence-corrected chi connectivity index (χ4v) is 6.42. The van der Waals surface area contributed by atoms with Crippen LogP contribution in [0.15, 0.2) is 24.0 Å². The molecular formula is C20H30O. The average Bonchev–Trinajstić information content (AvgIpc) is 2.89. The van der Waals surface area contributed by atoms with Crippen molar-refractivity contribution in [1.82, 2.24) is 0 Å². The summed E-state index contributed by atoms with van der Waals surface area (Å²) in [6, 6.07) is 0. The maximum Gasteiger partial charge on any atom is 0.102 e. The smallest absolute Gasteiger partial charge is 0.102 e. The Morgan fingerprint density at radius 2 is 2.05 bits per heavy atom. The highest BCUT2D eigenvalue weighted by Gasteiger charge is 2.50. The van der Waals surface area contributed by atoms with Gasteiger partial charge in [0.2, 0.25) is 0 Å². The molecule has 0 radical (unpaired) electrons. The van der Waals surface area contributed by atoms with E-state index in [4.69, 9.17) is 4.74 Å². The molecule has 0 aromatic rings. The van der Waals surface area contributed by atoms with E-state index in [1.54, 1.807) is 11.8 Å². The van der Waals surface area contributed by atoms with Gasteiger partial charge in [-0.15, -0.1) is 0 Å². The van der Waals surface area contributed by atoms with Gasteiger partial charge < -0.3 is 4.74 Å². The van der Waals surface area contributed by atoms with Gasteiger partial charge >= 0.3 is 0 Å². The van der Waals surface area contributed by atoms with Gasteiger partial charge in [0.15, 0.2) is 0 Å². The van der Waals surface area contributed by atoms with Crippen LogP contribution in [-0.2, 0) is 4.74 Å². The summed E-state index contributed by atoms with van der Waals surface area (Å²) in [7, 11) is 0. The summed E-state index contributed by atoms with van der Waals surface area (Å²) in [5, 5.41) is 0. The lowest BCUT2D eigenvalue weighted by Crippen LogP contribution is -2.41. The third kappa shape index (κ3) is 2.19. The number of rotatable bonds is 2. The molecule has 4 aliphatic carbocycles. The standard InChI is InChI=1S/C20H30O/c1-3-21-15-7-9-16-14(13-15)6-8-18-17(16)10-12-20(2)11-4-5-19(18)20/h3,15,17-19H,1,4-13H2,2H3/t15?,17-,18-,19+,20+/m1/s1. The lowest BCUT2D eigenvalue weighted by Gasteiger charge is -2.51. The predicted molar refractivity (Wildman–Crippen MR) is 86.8 cm³/mol. The van der Waals surface area contributed by atoms with Gasteiger partial charge in [-0.3, -0.25) is 0 Å². The van der Waals surface area contributed by atoms with Crippen LogP contribution in [0.4, 0.5) is 0 Å². The van der Waals surface area contributed by atoms with Crippen LogP contribution in [0.3, 0.4) is 0 Å². The van der Waals surface area contributed by atoms with Crippen molar-refractivity contribution >= 4 is 0 Å². The summed E-state index contributed by atoms with van der Waals surface area (Å²) in [4.78, 5) is 0. The van der Waals surface area contributed by atoms with Gasteiger partial charge in [0.05, 0.1) is 6.26 Å². The molecule has 4 aliphatic rings. The molecule has 0 bridgehead atoms. The molecule has 0 spiro atoms. The number of hydrogen-bond donors (Lipinski definition) is 0. The minimum Gasteiger partial charge on any atom is -0.498 e. The highest BCUT2D eigenvalue weighted by atomic mass is 16.5. The van der Waals surface area contributed by atoms with E-state index in [2.05, 4.69) is 13.5 Å². The Morgan fingerprint density at radius 1 is 1.14 bits per heavy atom. The van der Waals surface area contributed by atoms with E-state index in [-0.39, 0.29) is 0 Å². The normalized spacial score (nSPS) is 45.6. The second-order valence-corrected chi connectivity index (χ2v) is 8.30. The number of hydrogen-bond acceptors (Lipinski definition) is 1. The maximum absolute atomic E-state index is 5.68. The van der Waals surface area contributed by atoms with Crippen LogP contribution in [0.2, 0.25) is 0 Å². The van der Waals surface area contributed by atoms with Crippen LogP contribution >= 0.6 is 0 Å². The van der Waals surface area contributed by atoms with Crippen LogP contribution in [0.25, 0.3) is 0 Å². The first-order chi connectivity index (χ1) is 10.2. The minimum atomic E-state index is 0.415. The molecular weight excluding hydrogens is 256 g/mol. The van der Waals surface area contributed by atoms with E-state index in [1.807, 2.05) is 5.57 Å². The second-order valence-electron chi connectivity index (χ2n) is 8.30. The number of fused-ring (bicyclic) bond motifs is 4. The quantitative estimate of drug-likeness (QED) is 0.473. The minimum absolute atomic E-state index is 0.415. The molecule has 1 heteroatoms. The van der Waals surface area contributed by atoms with E-state index < -0.39 is 0 Å². The molecule has 0 N–H and O–H groups in total. The maximum atomic E-state index is 5.68. The summed E-state index contributed by atoms with van der Waals surface area (Å²) < 4.78 is 5.68. The van der Waals surface area contributed by atoms with Crippen molar-refractivity contribution in [2.24, 2.45) is 23.2 Å². The zero-order valence-corrected chi connectivity index (χ0v) is 13.6. The Morgan fingerprint density at radius 3 is 2.90 bits per heavy atom. The van der Waals surface area contributed by atoms with E-state index in [1.165, 1.54) is 64.2 Å². The first-order valence-electron chi connectivity index (χ1n) is 9.18. The lowest BCUT2D eigenvalue weighted by molar-refractivity contribution is 0.0359. The van der Waals surface area contributed by atoms with Crippen molar-refractivity contribution in [3.63, 3.8) is 0 Å². The van der Waals surface area contributed by atoms with Crippen molar-refractivity contribution in [1.29, 1.82) is 0 Å². The Labute approximate surface area is 129 Å². The van der Waals surface area contributed by atoms with Crippen molar-refractivity contribution in [3.8, 4) is 0 Å². The molecule has 0 heterocycles. The molecule has 5 atom stereocenters. The topological polar surface area (TPSA) is 9.23 Å². The average molecular weight is 286 g/mol. The summed E-state index contributed by atoms with van der Waals surface area (Å²) in [5.41, 5.74) is 4.35. The zero-order valence-electron chi connectivity index (χ0n) is 13.6. The van der Waals surface area contributed by atoms with E-state index in [0.29, 0.717) is 11.5 Å². The van der Waals surface area contributed by atoms with Crippen LogP contribution in [0.5, 0.6) is 0 Å². The number of ether oxygens (including phenoxy) is 1. The van der Waals surface area contributed by atoms with Crippen LogP contribution in [-0.4, -0.2) is 6.10 Å². The SMILES string of the molecule is C=COC1CCC2=C(CC[C@@H]3[C@@H]2CC[C@]2(C)CCC[C@@H]32)C1. The third-order valence-electron chi connectivity index (χ3n) is 7.40. The van der Waals surface area contributed by atoms with E-state index in [9.17, 15) is 0 Å². The fraction of sp³-hybridized carbons (Fsp3) is 0.800. The van der Waals surface area contributed by atoms with Crippen LogP contribution in [0.1, 0.15) is 71.1 Å². The molecule has 2 fully saturated rings. The van der Waals surface area contributed by atoms with Crippen molar-refractivity contribution < 1.29 is 4.74 Å². The highest BCUT2D eigenvalue weighted by Crippen LogP contribution is 2.61. The fourth-order valence-electron chi connectivity index (χ4n) is 6.42. The molecule has 0 amide bonds. The Balaban J connectivity index is 1.57. The van der Waals surface area contributed by atoms with Gasteiger partial charge in [0.25, 0.3) is 0 Å². The molecule has 0 aromatic carbocycles. The van der Waals surface area contributed by atoms with Gasteiger partial charge in [-0.2, -0.15) is 0 Å². The summed E-state index contributed by atoms with van der Waals surface area (Å²) >= 11 is 0. The largest absolute Gasteiger partial charge is 0.498 e. The Bertz CT molecular complexity index is 462. The first-order valence-corrected chi connectivity index (χ1v) is 9.18. The van der Waals surface area contributed by atoms with Crippen LogP contribution < -0.4 is 0 Å². The summed E-state index contributed by atoms with van der Waals surface area (Å²) in [6.07, 6.45) is 16.1.